The molecule has 3 N–H and O–H groups in total. The molecule has 0 saturated carbocycles. The summed E-state index contributed by atoms with van der Waals surface area (Å²) < 4.78 is 0.771. The number of halogens is 2. The van der Waals surface area contributed by atoms with Gasteiger partial charge in [0.05, 0.1) is 5.02 Å². The average Bonchev–Trinajstić information content (AvgIpc) is 2.48. The zero-order valence-corrected chi connectivity index (χ0v) is 13.0. The summed E-state index contributed by atoms with van der Waals surface area (Å²) in [6.45, 7) is 0.987. The van der Waals surface area contributed by atoms with Gasteiger partial charge in [-0.05, 0) is 45.3 Å². The summed E-state index contributed by atoms with van der Waals surface area (Å²) in [5.41, 5.74) is 8.17. The molecule has 3 nitrogen and oxygen atoms in total. The van der Waals surface area contributed by atoms with Gasteiger partial charge < -0.3 is 11.1 Å². The number of amides is 1. The van der Waals surface area contributed by atoms with E-state index in [2.05, 4.69) is 21.2 Å². The van der Waals surface area contributed by atoms with Gasteiger partial charge in [-0.3, -0.25) is 4.79 Å². The molecule has 0 aliphatic rings. The molecule has 0 atom stereocenters. The molecule has 2 aromatic rings. The summed E-state index contributed by atoms with van der Waals surface area (Å²) in [5.74, 6) is -0.151. The Hall–Kier alpha value is -1.36. The van der Waals surface area contributed by atoms with Crippen molar-refractivity contribution in [3.8, 4) is 0 Å². The quantitative estimate of drug-likeness (QED) is 0.884. The molecule has 0 radical (unpaired) electrons. The molecule has 0 heterocycles. The SMILES string of the molecule is NCc1ccc(CNC(=O)c2ccc(Br)c(Cl)c2)cc1. The first-order valence-electron chi connectivity index (χ1n) is 6.11. The number of nitrogens with two attached hydrogens (primary N) is 1. The highest BCUT2D eigenvalue weighted by Gasteiger charge is 2.07. The second-order valence-electron chi connectivity index (χ2n) is 4.33. The van der Waals surface area contributed by atoms with E-state index >= 15 is 0 Å². The van der Waals surface area contributed by atoms with Gasteiger partial charge in [0, 0.05) is 23.1 Å². The minimum absolute atomic E-state index is 0.151. The molecule has 5 heteroatoms. The summed E-state index contributed by atoms with van der Waals surface area (Å²) >= 11 is 9.26. The molecule has 2 rings (SSSR count). The predicted molar refractivity (Wildman–Crippen MR) is 84.7 cm³/mol. The first kappa shape index (κ1) is 15.0. The van der Waals surface area contributed by atoms with E-state index in [9.17, 15) is 4.79 Å². The van der Waals surface area contributed by atoms with E-state index in [1.54, 1.807) is 18.2 Å². The Morgan fingerprint density at radius 3 is 2.40 bits per heavy atom. The topological polar surface area (TPSA) is 55.1 Å². The molecule has 0 fully saturated rings. The molecule has 0 saturated heterocycles. The lowest BCUT2D eigenvalue weighted by atomic mass is 10.1. The van der Waals surface area contributed by atoms with Gasteiger partial charge in [-0.25, -0.2) is 0 Å². The smallest absolute Gasteiger partial charge is 0.251 e. The summed E-state index contributed by atoms with van der Waals surface area (Å²) in [6, 6.07) is 12.9. The lowest BCUT2D eigenvalue weighted by Crippen LogP contribution is -2.22. The van der Waals surface area contributed by atoms with Crippen LogP contribution in [0.15, 0.2) is 46.9 Å². The molecule has 0 aliphatic heterocycles. The van der Waals surface area contributed by atoms with Crippen LogP contribution in [-0.4, -0.2) is 5.91 Å². The third-order valence-electron chi connectivity index (χ3n) is 2.89. The van der Waals surface area contributed by atoms with E-state index in [0.29, 0.717) is 23.7 Å². The van der Waals surface area contributed by atoms with Crippen molar-refractivity contribution in [3.63, 3.8) is 0 Å². The van der Waals surface area contributed by atoms with Crippen LogP contribution in [0.1, 0.15) is 21.5 Å². The average molecular weight is 354 g/mol. The Labute approximate surface area is 131 Å². The fourth-order valence-electron chi connectivity index (χ4n) is 1.71. The zero-order chi connectivity index (χ0) is 14.5. The Bertz CT molecular complexity index is 614. The van der Waals surface area contributed by atoms with Crippen molar-refractivity contribution >= 4 is 33.4 Å². The Balaban J connectivity index is 1.98. The van der Waals surface area contributed by atoms with Crippen molar-refractivity contribution in [1.29, 1.82) is 0 Å². The van der Waals surface area contributed by atoms with E-state index in [1.807, 2.05) is 24.3 Å². The standard InChI is InChI=1S/C15H14BrClN2O/c16-13-6-5-12(7-14(13)17)15(20)19-9-11-3-1-10(8-18)2-4-11/h1-7H,8-9,18H2,(H,19,20). The fourth-order valence-corrected chi connectivity index (χ4v) is 2.14. The minimum atomic E-state index is -0.151. The van der Waals surface area contributed by atoms with Crippen LogP contribution in [-0.2, 0) is 13.1 Å². The van der Waals surface area contributed by atoms with Gasteiger partial charge in [-0.15, -0.1) is 0 Å². The molecular weight excluding hydrogens is 340 g/mol. The Kier molecular flexibility index (Phi) is 5.17. The van der Waals surface area contributed by atoms with Gasteiger partial charge in [0.25, 0.3) is 5.91 Å². The highest BCUT2D eigenvalue weighted by molar-refractivity contribution is 9.10. The van der Waals surface area contributed by atoms with Crippen LogP contribution in [0.4, 0.5) is 0 Å². The molecule has 0 unspecified atom stereocenters. The summed E-state index contributed by atoms with van der Waals surface area (Å²) in [7, 11) is 0. The number of hydrogen-bond acceptors (Lipinski definition) is 2. The number of hydrogen-bond donors (Lipinski definition) is 2. The lowest BCUT2D eigenvalue weighted by Gasteiger charge is -2.07. The minimum Gasteiger partial charge on any atom is -0.348 e. The van der Waals surface area contributed by atoms with Crippen LogP contribution in [0, 0.1) is 0 Å². The van der Waals surface area contributed by atoms with Gasteiger partial charge in [0.2, 0.25) is 0 Å². The molecular formula is C15H14BrClN2O. The van der Waals surface area contributed by atoms with E-state index < -0.39 is 0 Å². The molecule has 0 aromatic heterocycles. The monoisotopic (exact) mass is 352 g/mol. The van der Waals surface area contributed by atoms with Crippen LogP contribution >= 0.6 is 27.5 Å². The number of carbonyl (C=O) groups excluding carboxylic acids is 1. The Morgan fingerprint density at radius 1 is 1.15 bits per heavy atom. The maximum absolute atomic E-state index is 12.0. The van der Waals surface area contributed by atoms with Crippen molar-refractivity contribution in [3.05, 3.63) is 68.7 Å². The van der Waals surface area contributed by atoms with Gasteiger partial charge in [0.15, 0.2) is 0 Å². The third kappa shape index (κ3) is 3.82. The zero-order valence-electron chi connectivity index (χ0n) is 10.7. The molecule has 0 spiro atoms. The van der Waals surface area contributed by atoms with Crippen LogP contribution in [0.2, 0.25) is 5.02 Å². The van der Waals surface area contributed by atoms with Gasteiger partial charge >= 0.3 is 0 Å². The van der Waals surface area contributed by atoms with Crippen molar-refractivity contribution in [2.45, 2.75) is 13.1 Å². The van der Waals surface area contributed by atoms with E-state index in [4.69, 9.17) is 17.3 Å². The van der Waals surface area contributed by atoms with Crippen molar-refractivity contribution in [1.82, 2.24) is 5.32 Å². The first-order chi connectivity index (χ1) is 9.60. The summed E-state index contributed by atoms with van der Waals surface area (Å²) in [5, 5.41) is 3.37. The maximum Gasteiger partial charge on any atom is 0.251 e. The van der Waals surface area contributed by atoms with Crippen LogP contribution < -0.4 is 11.1 Å². The summed E-state index contributed by atoms with van der Waals surface area (Å²) in [6.07, 6.45) is 0. The second-order valence-corrected chi connectivity index (χ2v) is 5.59. The highest BCUT2D eigenvalue weighted by Crippen LogP contribution is 2.23. The maximum atomic E-state index is 12.0. The molecule has 20 heavy (non-hydrogen) atoms. The number of rotatable bonds is 4. The largest absolute Gasteiger partial charge is 0.348 e. The third-order valence-corrected chi connectivity index (χ3v) is 4.13. The predicted octanol–water partition coefficient (Wildman–Crippen LogP) is 3.49. The van der Waals surface area contributed by atoms with Crippen LogP contribution in [0.3, 0.4) is 0 Å². The fraction of sp³-hybridized carbons (Fsp3) is 0.133. The van der Waals surface area contributed by atoms with Gasteiger partial charge in [-0.1, -0.05) is 35.9 Å². The number of benzene rings is 2. The molecule has 104 valence electrons. The molecule has 2 aromatic carbocycles. The van der Waals surface area contributed by atoms with Crippen molar-refractivity contribution in [2.24, 2.45) is 5.73 Å². The van der Waals surface area contributed by atoms with Crippen LogP contribution in [0.25, 0.3) is 0 Å². The van der Waals surface area contributed by atoms with Crippen molar-refractivity contribution in [2.75, 3.05) is 0 Å². The number of carbonyl (C=O) groups is 1. The highest BCUT2D eigenvalue weighted by atomic mass is 79.9. The molecule has 0 bridgehead atoms. The molecule has 1 amide bonds. The van der Waals surface area contributed by atoms with Crippen molar-refractivity contribution < 1.29 is 4.79 Å². The van der Waals surface area contributed by atoms with E-state index in [0.717, 1.165) is 15.6 Å². The Morgan fingerprint density at radius 2 is 1.80 bits per heavy atom. The molecule has 0 aliphatic carbocycles. The van der Waals surface area contributed by atoms with E-state index in [-0.39, 0.29) is 5.91 Å². The first-order valence-corrected chi connectivity index (χ1v) is 7.28. The van der Waals surface area contributed by atoms with E-state index in [1.165, 1.54) is 0 Å². The van der Waals surface area contributed by atoms with Gasteiger partial charge in [0.1, 0.15) is 0 Å². The summed E-state index contributed by atoms with van der Waals surface area (Å²) in [4.78, 5) is 12.0. The van der Waals surface area contributed by atoms with Crippen LogP contribution in [0.5, 0.6) is 0 Å². The number of nitrogens with one attached hydrogen (secondary N) is 1. The van der Waals surface area contributed by atoms with Gasteiger partial charge in [-0.2, -0.15) is 0 Å². The lowest BCUT2D eigenvalue weighted by molar-refractivity contribution is 0.0951. The second kappa shape index (κ2) is 6.88. The normalized spacial score (nSPS) is 10.3.